The molecule has 0 unspecified atom stereocenters. The van der Waals surface area contributed by atoms with Crippen LogP contribution in [0.4, 0.5) is 18.9 Å². The minimum absolute atomic E-state index is 0.0259. The van der Waals surface area contributed by atoms with Gasteiger partial charge in [-0.25, -0.2) is 0 Å². The summed E-state index contributed by atoms with van der Waals surface area (Å²) in [4.78, 5) is 13.6. The molecule has 5 nitrogen and oxygen atoms in total. The minimum atomic E-state index is -4.48. The van der Waals surface area contributed by atoms with Crippen molar-refractivity contribution < 1.29 is 18.0 Å². The molecule has 24 heavy (non-hydrogen) atoms. The van der Waals surface area contributed by atoms with Gasteiger partial charge >= 0.3 is 6.18 Å². The van der Waals surface area contributed by atoms with Crippen LogP contribution in [0.25, 0.3) is 0 Å². The van der Waals surface area contributed by atoms with Gasteiger partial charge in [-0.2, -0.15) is 18.4 Å². The van der Waals surface area contributed by atoms with Gasteiger partial charge in [0.25, 0.3) is 0 Å². The van der Waals surface area contributed by atoms with Crippen LogP contribution in [0.15, 0.2) is 18.2 Å². The van der Waals surface area contributed by atoms with Gasteiger partial charge in [0.1, 0.15) is 6.07 Å². The Morgan fingerprint density at radius 3 is 2.83 bits per heavy atom. The van der Waals surface area contributed by atoms with Crippen LogP contribution in [-0.2, 0) is 11.0 Å². The van der Waals surface area contributed by atoms with Crippen LogP contribution in [0.2, 0.25) is 0 Å². The molecule has 0 bridgehead atoms. The highest BCUT2D eigenvalue weighted by Gasteiger charge is 2.32. The smallest absolute Gasteiger partial charge is 0.368 e. The summed E-state index contributed by atoms with van der Waals surface area (Å²) in [6, 6.07) is 4.25. The predicted octanol–water partition coefficient (Wildman–Crippen LogP) is 2.01. The maximum Gasteiger partial charge on any atom is 0.416 e. The lowest BCUT2D eigenvalue weighted by Gasteiger charge is -2.21. The molecule has 0 aliphatic carbocycles. The first-order valence-electron chi connectivity index (χ1n) is 7.68. The van der Waals surface area contributed by atoms with Gasteiger partial charge in [-0.15, -0.1) is 0 Å². The predicted molar refractivity (Wildman–Crippen MR) is 83.2 cm³/mol. The van der Waals surface area contributed by atoms with Gasteiger partial charge in [0.2, 0.25) is 5.91 Å². The Bertz CT molecular complexity index is 654. The topological polar surface area (TPSA) is 82.2 Å². The van der Waals surface area contributed by atoms with E-state index in [-0.39, 0.29) is 17.5 Å². The second-order valence-electron chi connectivity index (χ2n) is 5.80. The van der Waals surface area contributed by atoms with E-state index in [4.69, 9.17) is 11.0 Å². The van der Waals surface area contributed by atoms with Crippen LogP contribution in [-0.4, -0.2) is 31.1 Å². The van der Waals surface area contributed by atoms with Crippen LogP contribution >= 0.6 is 0 Å². The summed E-state index contributed by atoms with van der Waals surface area (Å²) >= 11 is 0. The van der Waals surface area contributed by atoms with E-state index in [9.17, 15) is 18.0 Å². The van der Waals surface area contributed by atoms with Crippen molar-refractivity contribution in [2.24, 2.45) is 5.73 Å². The fourth-order valence-electron chi connectivity index (χ4n) is 2.67. The molecule has 0 radical (unpaired) electrons. The Morgan fingerprint density at radius 2 is 2.25 bits per heavy atom. The number of carbonyl (C=O) groups is 1. The number of halogens is 3. The third-order valence-electron chi connectivity index (χ3n) is 4.10. The van der Waals surface area contributed by atoms with Gasteiger partial charge in [0, 0.05) is 19.1 Å². The standard InChI is InChI=1S/C16H19F3N4O/c1-2-13(21)15(24)22-12-5-6-23(9-12)14-4-3-11(16(17,18)19)7-10(14)8-20/h3-4,7,12-13H,2,5-6,9,21H2,1H3,(H,22,24)/t12-,13-/m0/s1. The van der Waals surface area contributed by atoms with Gasteiger partial charge in [-0.3, -0.25) is 4.79 Å². The highest BCUT2D eigenvalue weighted by atomic mass is 19.4. The maximum atomic E-state index is 12.7. The van der Waals surface area contributed by atoms with Crippen molar-refractivity contribution in [3.8, 4) is 6.07 Å². The van der Waals surface area contributed by atoms with E-state index in [1.807, 2.05) is 13.0 Å². The maximum absolute atomic E-state index is 12.7. The zero-order valence-electron chi connectivity index (χ0n) is 13.2. The SMILES string of the molecule is CC[C@H](N)C(=O)N[C@H]1CCN(c2ccc(C(F)(F)F)cc2C#N)C1. The molecule has 0 saturated carbocycles. The molecule has 3 N–H and O–H groups in total. The Kier molecular flexibility index (Phi) is 5.34. The monoisotopic (exact) mass is 340 g/mol. The number of alkyl halides is 3. The molecule has 0 aromatic heterocycles. The van der Waals surface area contributed by atoms with Crippen LogP contribution in [0.1, 0.15) is 30.9 Å². The normalized spacial score (nSPS) is 19.0. The molecule has 130 valence electrons. The number of amides is 1. The first-order chi connectivity index (χ1) is 11.3. The largest absolute Gasteiger partial charge is 0.416 e. The van der Waals surface area contributed by atoms with Gasteiger partial charge < -0.3 is 16.0 Å². The zero-order chi connectivity index (χ0) is 17.9. The zero-order valence-corrected chi connectivity index (χ0v) is 13.2. The Morgan fingerprint density at radius 1 is 1.54 bits per heavy atom. The van der Waals surface area contributed by atoms with Crippen LogP contribution in [0.3, 0.4) is 0 Å². The Hall–Kier alpha value is -2.27. The van der Waals surface area contributed by atoms with E-state index in [0.29, 0.717) is 31.6 Å². The summed E-state index contributed by atoms with van der Waals surface area (Å²) in [6.07, 6.45) is -3.31. The molecule has 8 heteroatoms. The van der Waals surface area contributed by atoms with Crippen molar-refractivity contribution >= 4 is 11.6 Å². The number of rotatable bonds is 4. The van der Waals surface area contributed by atoms with E-state index >= 15 is 0 Å². The second kappa shape index (κ2) is 7.09. The molecule has 0 spiro atoms. The molecule has 1 amide bonds. The number of benzene rings is 1. The molecular formula is C16H19F3N4O. The average molecular weight is 340 g/mol. The first kappa shape index (κ1) is 18.1. The molecular weight excluding hydrogens is 321 g/mol. The Labute approximate surface area is 138 Å². The van der Waals surface area contributed by atoms with Gasteiger partial charge in [0.15, 0.2) is 0 Å². The molecule has 1 aromatic rings. The molecule has 1 aliphatic rings. The first-order valence-corrected chi connectivity index (χ1v) is 7.68. The lowest BCUT2D eigenvalue weighted by Crippen LogP contribution is -2.46. The van der Waals surface area contributed by atoms with Gasteiger partial charge in [0.05, 0.1) is 22.9 Å². The lowest BCUT2D eigenvalue weighted by atomic mass is 10.1. The third-order valence-corrected chi connectivity index (χ3v) is 4.10. The van der Waals surface area contributed by atoms with Crippen LogP contribution in [0.5, 0.6) is 0 Å². The highest BCUT2D eigenvalue weighted by Crippen LogP contribution is 2.33. The summed E-state index contributed by atoms with van der Waals surface area (Å²) in [5.41, 5.74) is 5.24. The highest BCUT2D eigenvalue weighted by molar-refractivity contribution is 5.81. The number of carbonyl (C=O) groups excluding carboxylic acids is 1. The number of nitriles is 1. The van der Waals surface area contributed by atoms with Gasteiger partial charge in [-0.1, -0.05) is 6.92 Å². The van der Waals surface area contributed by atoms with E-state index in [2.05, 4.69) is 5.32 Å². The summed E-state index contributed by atoms with van der Waals surface area (Å²) < 4.78 is 38.2. The molecule has 1 aliphatic heterocycles. The third kappa shape index (κ3) is 3.97. The van der Waals surface area contributed by atoms with Crippen molar-refractivity contribution in [1.82, 2.24) is 5.32 Å². The van der Waals surface area contributed by atoms with E-state index in [1.54, 1.807) is 4.90 Å². The molecule has 1 aromatic carbocycles. The Balaban J connectivity index is 2.11. The van der Waals surface area contributed by atoms with Crippen molar-refractivity contribution in [1.29, 1.82) is 5.26 Å². The lowest BCUT2D eigenvalue weighted by molar-refractivity contribution is -0.137. The fraction of sp³-hybridized carbons (Fsp3) is 0.500. The molecule has 1 heterocycles. The van der Waals surface area contributed by atoms with Gasteiger partial charge in [-0.05, 0) is 31.0 Å². The van der Waals surface area contributed by atoms with Crippen LogP contribution < -0.4 is 16.0 Å². The number of hydrogen-bond donors (Lipinski definition) is 2. The van der Waals surface area contributed by atoms with Crippen LogP contribution in [0, 0.1) is 11.3 Å². The number of nitrogens with two attached hydrogens (primary N) is 1. The van der Waals surface area contributed by atoms with E-state index in [1.165, 1.54) is 6.07 Å². The number of nitrogens with one attached hydrogen (secondary N) is 1. The quantitative estimate of drug-likeness (QED) is 0.878. The summed E-state index contributed by atoms with van der Waals surface area (Å²) in [5, 5.41) is 12.0. The van der Waals surface area contributed by atoms with E-state index < -0.39 is 17.8 Å². The number of nitrogens with zero attached hydrogens (tertiary/aromatic N) is 2. The van der Waals surface area contributed by atoms with Crippen molar-refractivity contribution in [2.45, 2.75) is 38.0 Å². The number of hydrogen-bond acceptors (Lipinski definition) is 4. The average Bonchev–Trinajstić information content (AvgIpc) is 3.00. The second-order valence-corrected chi connectivity index (χ2v) is 5.80. The number of anilines is 1. The fourth-order valence-corrected chi connectivity index (χ4v) is 2.67. The molecule has 1 fully saturated rings. The molecule has 2 atom stereocenters. The minimum Gasteiger partial charge on any atom is -0.368 e. The van der Waals surface area contributed by atoms with Crippen molar-refractivity contribution in [3.63, 3.8) is 0 Å². The molecule has 1 saturated heterocycles. The summed E-state index contributed by atoms with van der Waals surface area (Å²) in [6.45, 7) is 2.79. The van der Waals surface area contributed by atoms with Crippen molar-refractivity contribution in [3.05, 3.63) is 29.3 Å². The van der Waals surface area contributed by atoms with Crippen molar-refractivity contribution in [2.75, 3.05) is 18.0 Å². The summed E-state index contributed by atoms with van der Waals surface area (Å²) in [7, 11) is 0. The van der Waals surface area contributed by atoms with E-state index in [0.717, 1.165) is 12.1 Å². The molecule has 2 rings (SSSR count). The summed E-state index contributed by atoms with van der Waals surface area (Å²) in [5.74, 6) is -0.239.